The number of rotatable bonds is 3. The zero-order valence-electron chi connectivity index (χ0n) is 12.4. The minimum absolute atomic E-state index is 0.0631. The number of carbonyl (C=O) groups excluding carboxylic acids is 1. The Labute approximate surface area is 135 Å². The standard InChI is InChI=1S/C14H12ClN5O3/c1-8-3-4-9(5-10(8)15)20-13-12(17-18-20)14(22)19(7-16-13)6-11(21)23-2/h3-5,7H,6H2,1-2H3. The number of hydrogen-bond acceptors (Lipinski definition) is 6. The maximum absolute atomic E-state index is 12.3. The summed E-state index contributed by atoms with van der Waals surface area (Å²) in [6.07, 6.45) is 1.26. The lowest BCUT2D eigenvalue weighted by Gasteiger charge is -2.05. The fraction of sp³-hybridized carbons (Fsp3) is 0.214. The van der Waals surface area contributed by atoms with Gasteiger partial charge in [-0.15, -0.1) is 5.10 Å². The van der Waals surface area contributed by atoms with Crippen LogP contribution in [0.3, 0.4) is 0 Å². The van der Waals surface area contributed by atoms with Crippen molar-refractivity contribution in [2.75, 3.05) is 7.11 Å². The molecule has 3 rings (SSSR count). The van der Waals surface area contributed by atoms with E-state index in [4.69, 9.17) is 11.6 Å². The van der Waals surface area contributed by atoms with Crippen molar-refractivity contribution in [3.8, 4) is 5.69 Å². The third kappa shape index (κ3) is 2.68. The van der Waals surface area contributed by atoms with Crippen molar-refractivity contribution in [3.63, 3.8) is 0 Å². The number of fused-ring (bicyclic) bond motifs is 1. The van der Waals surface area contributed by atoms with E-state index in [1.165, 1.54) is 18.1 Å². The molecule has 9 heteroatoms. The summed E-state index contributed by atoms with van der Waals surface area (Å²) in [5.74, 6) is -0.550. The van der Waals surface area contributed by atoms with Crippen LogP contribution in [0.5, 0.6) is 0 Å². The summed E-state index contributed by atoms with van der Waals surface area (Å²) >= 11 is 6.11. The van der Waals surface area contributed by atoms with Gasteiger partial charge in [0, 0.05) is 5.02 Å². The highest BCUT2D eigenvalue weighted by atomic mass is 35.5. The van der Waals surface area contributed by atoms with Gasteiger partial charge in [-0.2, -0.15) is 4.68 Å². The van der Waals surface area contributed by atoms with Gasteiger partial charge < -0.3 is 4.74 Å². The SMILES string of the molecule is COC(=O)Cn1cnc2c(nnn2-c2ccc(C)c(Cl)c2)c1=O. The third-order valence-electron chi connectivity index (χ3n) is 3.36. The van der Waals surface area contributed by atoms with Crippen molar-refractivity contribution < 1.29 is 9.53 Å². The first-order valence-corrected chi connectivity index (χ1v) is 7.03. The average Bonchev–Trinajstić information content (AvgIpc) is 2.97. The summed E-state index contributed by atoms with van der Waals surface area (Å²) in [4.78, 5) is 27.8. The van der Waals surface area contributed by atoms with Crippen molar-refractivity contribution in [1.82, 2.24) is 24.5 Å². The summed E-state index contributed by atoms with van der Waals surface area (Å²) in [7, 11) is 1.25. The fourth-order valence-corrected chi connectivity index (χ4v) is 2.22. The van der Waals surface area contributed by atoms with Gasteiger partial charge in [0.25, 0.3) is 5.56 Å². The van der Waals surface area contributed by atoms with Crippen molar-refractivity contribution in [2.45, 2.75) is 13.5 Å². The van der Waals surface area contributed by atoms with Crippen LogP contribution in [0.4, 0.5) is 0 Å². The molecule has 0 radical (unpaired) electrons. The molecule has 0 atom stereocenters. The summed E-state index contributed by atoms with van der Waals surface area (Å²) in [5.41, 5.74) is 1.45. The van der Waals surface area contributed by atoms with Crippen LogP contribution in [0.15, 0.2) is 29.3 Å². The Kier molecular flexibility index (Phi) is 3.83. The van der Waals surface area contributed by atoms with Gasteiger partial charge >= 0.3 is 5.97 Å². The number of nitrogens with zero attached hydrogens (tertiary/aromatic N) is 5. The molecule has 0 aliphatic rings. The molecule has 23 heavy (non-hydrogen) atoms. The topological polar surface area (TPSA) is 91.9 Å². The molecule has 0 amide bonds. The monoisotopic (exact) mass is 333 g/mol. The Balaban J connectivity index is 2.11. The number of methoxy groups -OCH3 is 1. The molecule has 8 nitrogen and oxygen atoms in total. The van der Waals surface area contributed by atoms with E-state index in [2.05, 4.69) is 20.0 Å². The number of esters is 1. The molecule has 0 aliphatic carbocycles. The first-order valence-electron chi connectivity index (χ1n) is 6.65. The van der Waals surface area contributed by atoms with Crippen molar-refractivity contribution in [1.29, 1.82) is 0 Å². The lowest BCUT2D eigenvalue weighted by molar-refractivity contribution is -0.141. The second kappa shape index (κ2) is 5.81. The van der Waals surface area contributed by atoms with Gasteiger partial charge in [-0.1, -0.05) is 22.9 Å². The van der Waals surface area contributed by atoms with Gasteiger partial charge in [-0.05, 0) is 24.6 Å². The Hall–Kier alpha value is -2.74. The maximum Gasteiger partial charge on any atom is 0.325 e. The summed E-state index contributed by atoms with van der Waals surface area (Å²) < 4.78 is 7.08. The molecule has 2 aromatic heterocycles. The molecule has 0 bridgehead atoms. The first-order chi connectivity index (χ1) is 11.0. The molecular formula is C14H12ClN5O3. The van der Waals surface area contributed by atoms with Crippen molar-refractivity contribution >= 4 is 28.7 Å². The number of carbonyl (C=O) groups is 1. The van der Waals surface area contributed by atoms with Crippen LogP contribution in [-0.2, 0) is 16.1 Å². The lowest BCUT2D eigenvalue weighted by atomic mass is 10.2. The minimum atomic E-state index is -0.550. The van der Waals surface area contributed by atoms with Gasteiger partial charge in [0.15, 0.2) is 11.2 Å². The second-order valence-electron chi connectivity index (χ2n) is 4.86. The van der Waals surface area contributed by atoms with Gasteiger partial charge in [-0.3, -0.25) is 14.2 Å². The molecule has 2 heterocycles. The predicted molar refractivity (Wildman–Crippen MR) is 82.7 cm³/mol. The number of aromatic nitrogens is 5. The van der Waals surface area contributed by atoms with E-state index in [1.807, 2.05) is 13.0 Å². The minimum Gasteiger partial charge on any atom is -0.468 e. The van der Waals surface area contributed by atoms with E-state index < -0.39 is 11.5 Å². The van der Waals surface area contributed by atoms with E-state index in [1.54, 1.807) is 12.1 Å². The first kappa shape index (κ1) is 15.2. The molecule has 0 saturated heterocycles. The summed E-state index contributed by atoms with van der Waals surface area (Å²) in [5, 5.41) is 8.39. The molecule has 118 valence electrons. The fourth-order valence-electron chi connectivity index (χ4n) is 2.05. The van der Waals surface area contributed by atoms with Crippen LogP contribution in [-0.4, -0.2) is 37.6 Å². The van der Waals surface area contributed by atoms with E-state index in [0.29, 0.717) is 10.7 Å². The number of hydrogen-bond donors (Lipinski definition) is 0. The number of halogens is 1. The largest absolute Gasteiger partial charge is 0.468 e. The molecule has 0 spiro atoms. The third-order valence-corrected chi connectivity index (χ3v) is 3.76. The predicted octanol–water partition coefficient (Wildman–Crippen LogP) is 1.11. The molecule has 1 aromatic carbocycles. The van der Waals surface area contributed by atoms with Gasteiger partial charge in [0.1, 0.15) is 12.9 Å². The molecular weight excluding hydrogens is 322 g/mol. The number of benzene rings is 1. The Morgan fingerprint density at radius 3 is 2.87 bits per heavy atom. The summed E-state index contributed by atoms with van der Waals surface area (Å²) in [6, 6.07) is 5.35. The summed E-state index contributed by atoms with van der Waals surface area (Å²) in [6.45, 7) is 1.65. The molecule has 0 fully saturated rings. The average molecular weight is 334 g/mol. The van der Waals surface area contributed by atoms with Gasteiger partial charge in [0.05, 0.1) is 12.8 Å². The van der Waals surface area contributed by atoms with Crippen LogP contribution in [0.1, 0.15) is 5.56 Å². The maximum atomic E-state index is 12.3. The van der Waals surface area contributed by atoms with Crippen LogP contribution in [0.25, 0.3) is 16.9 Å². The normalized spacial score (nSPS) is 10.9. The van der Waals surface area contributed by atoms with Crippen LogP contribution in [0, 0.1) is 6.92 Å². The highest BCUT2D eigenvalue weighted by molar-refractivity contribution is 6.31. The zero-order valence-corrected chi connectivity index (χ0v) is 13.1. The second-order valence-corrected chi connectivity index (χ2v) is 5.27. The van der Waals surface area contributed by atoms with E-state index >= 15 is 0 Å². The van der Waals surface area contributed by atoms with Crippen molar-refractivity contribution in [2.24, 2.45) is 0 Å². The number of aryl methyl sites for hydroxylation is 1. The number of ether oxygens (including phenoxy) is 1. The highest BCUT2D eigenvalue weighted by Crippen LogP contribution is 2.20. The molecule has 0 saturated carbocycles. The molecule has 0 unspecified atom stereocenters. The zero-order chi connectivity index (χ0) is 16.6. The van der Waals surface area contributed by atoms with E-state index in [0.717, 1.165) is 10.1 Å². The van der Waals surface area contributed by atoms with Crippen molar-refractivity contribution in [3.05, 3.63) is 45.5 Å². The van der Waals surface area contributed by atoms with Gasteiger partial charge in [0.2, 0.25) is 0 Å². The van der Waals surface area contributed by atoms with Crippen LogP contribution >= 0.6 is 11.6 Å². The Morgan fingerprint density at radius 1 is 1.39 bits per heavy atom. The van der Waals surface area contributed by atoms with E-state index in [-0.39, 0.29) is 17.7 Å². The lowest BCUT2D eigenvalue weighted by Crippen LogP contribution is -2.25. The molecule has 3 aromatic rings. The van der Waals surface area contributed by atoms with Gasteiger partial charge in [-0.25, -0.2) is 4.98 Å². The van der Waals surface area contributed by atoms with Crippen LogP contribution in [0.2, 0.25) is 5.02 Å². The quantitative estimate of drug-likeness (QED) is 0.667. The molecule has 0 N–H and O–H groups in total. The Morgan fingerprint density at radius 2 is 2.17 bits per heavy atom. The van der Waals surface area contributed by atoms with E-state index in [9.17, 15) is 9.59 Å². The van der Waals surface area contributed by atoms with Crippen LogP contribution < -0.4 is 5.56 Å². The smallest absolute Gasteiger partial charge is 0.325 e. The Bertz CT molecular complexity index is 963. The molecule has 0 aliphatic heterocycles. The highest BCUT2D eigenvalue weighted by Gasteiger charge is 2.15.